The van der Waals surface area contributed by atoms with Crippen molar-refractivity contribution < 1.29 is 17.9 Å². The molecule has 3 rings (SSSR count). The maximum absolute atomic E-state index is 13.2. The Kier molecular flexibility index (Phi) is 5.53. The van der Waals surface area contributed by atoms with E-state index in [1.165, 1.54) is 7.11 Å². The summed E-state index contributed by atoms with van der Waals surface area (Å²) in [5, 5.41) is 0.553. The number of amides is 1. The van der Waals surface area contributed by atoms with E-state index in [0.717, 1.165) is 5.56 Å². The fourth-order valence-corrected chi connectivity index (χ4v) is 5.05. The molecule has 5 nitrogen and oxygen atoms in total. The molecule has 1 aliphatic rings. The Balaban J connectivity index is 1.94. The van der Waals surface area contributed by atoms with Crippen LogP contribution < -0.4 is 4.74 Å². The SMILES string of the molecule is COc1cccc(C(=O)N(Cc2ccccc2Cl)[C@@H]2CCS(=O)(=O)C2)c1. The van der Waals surface area contributed by atoms with Crippen molar-refractivity contribution in [2.75, 3.05) is 18.6 Å². The molecule has 0 N–H and O–H groups in total. The highest BCUT2D eigenvalue weighted by atomic mass is 35.5. The van der Waals surface area contributed by atoms with Crippen LogP contribution in [0.4, 0.5) is 0 Å². The second-order valence-electron chi connectivity index (χ2n) is 6.31. The number of methoxy groups -OCH3 is 1. The van der Waals surface area contributed by atoms with E-state index < -0.39 is 9.84 Å². The molecule has 2 aromatic rings. The standard InChI is InChI=1S/C19H20ClNO4S/c1-25-17-7-4-6-14(11-17)19(22)21(16-9-10-26(23,24)13-16)12-15-5-2-3-8-18(15)20/h2-8,11,16H,9-10,12-13H2,1H3/t16-/m1/s1. The van der Waals surface area contributed by atoms with Gasteiger partial charge >= 0.3 is 0 Å². The first-order chi connectivity index (χ1) is 12.4. The Morgan fingerprint density at radius 2 is 2.00 bits per heavy atom. The summed E-state index contributed by atoms with van der Waals surface area (Å²) in [4.78, 5) is 14.8. The predicted octanol–water partition coefficient (Wildman–Crippen LogP) is 3.18. The fraction of sp³-hybridized carbons (Fsp3) is 0.316. The van der Waals surface area contributed by atoms with Gasteiger partial charge in [-0.05, 0) is 36.2 Å². The van der Waals surface area contributed by atoms with Gasteiger partial charge in [-0.15, -0.1) is 0 Å². The maximum Gasteiger partial charge on any atom is 0.254 e. The lowest BCUT2D eigenvalue weighted by Gasteiger charge is -2.29. The number of ether oxygens (including phenoxy) is 1. The zero-order valence-electron chi connectivity index (χ0n) is 14.4. The largest absolute Gasteiger partial charge is 0.497 e. The highest BCUT2D eigenvalue weighted by Gasteiger charge is 2.35. The van der Waals surface area contributed by atoms with E-state index >= 15 is 0 Å². The molecule has 7 heteroatoms. The highest BCUT2D eigenvalue weighted by Crippen LogP contribution is 2.26. The third-order valence-electron chi connectivity index (χ3n) is 4.53. The highest BCUT2D eigenvalue weighted by molar-refractivity contribution is 7.91. The molecule has 1 amide bonds. The Labute approximate surface area is 158 Å². The molecule has 1 aliphatic heterocycles. The molecular formula is C19H20ClNO4S. The molecule has 0 spiro atoms. The van der Waals surface area contributed by atoms with Gasteiger partial charge in [0.05, 0.1) is 18.6 Å². The van der Waals surface area contributed by atoms with E-state index in [9.17, 15) is 13.2 Å². The Bertz CT molecular complexity index is 913. The van der Waals surface area contributed by atoms with Gasteiger partial charge in [-0.25, -0.2) is 8.42 Å². The minimum atomic E-state index is -3.12. The summed E-state index contributed by atoms with van der Waals surface area (Å²) in [6.45, 7) is 0.260. The molecule has 138 valence electrons. The van der Waals surface area contributed by atoms with Crippen LogP contribution in [-0.4, -0.2) is 43.9 Å². The minimum Gasteiger partial charge on any atom is -0.497 e. The maximum atomic E-state index is 13.2. The van der Waals surface area contributed by atoms with Crippen LogP contribution in [0.3, 0.4) is 0 Å². The molecule has 1 heterocycles. The number of nitrogens with zero attached hydrogens (tertiary/aromatic N) is 1. The topological polar surface area (TPSA) is 63.7 Å². The number of carbonyl (C=O) groups is 1. The van der Waals surface area contributed by atoms with Crippen LogP contribution in [0.2, 0.25) is 5.02 Å². The lowest BCUT2D eigenvalue weighted by atomic mass is 10.1. The average Bonchev–Trinajstić information content (AvgIpc) is 3.00. The summed E-state index contributed by atoms with van der Waals surface area (Å²) >= 11 is 6.25. The summed E-state index contributed by atoms with van der Waals surface area (Å²) in [5.74, 6) is 0.424. The first-order valence-corrected chi connectivity index (χ1v) is 10.5. The minimum absolute atomic E-state index is 0.0207. The first-order valence-electron chi connectivity index (χ1n) is 8.28. The van der Waals surface area contributed by atoms with E-state index in [4.69, 9.17) is 16.3 Å². The van der Waals surface area contributed by atoms with Crippen molar-refractivity contribution >= 4 is 27.3 Å². The third-order valence-corrected chi connectivity index (χ3v) is 6.64. The van der Waals surface area contributed by atoms with Gasteiger partial charge in [0, 0.05) is 23.2 Å². The molecule has 0 radical (unpaired) electrons. The van der Waals surface area contributed by atoms with Crippen LogP contribution in [0.1, 0.15) is 22.3 Å². The number of carbonyl (C=O) groups excluding carboxylic acids is 1. The van der Waals surface area contributed by atoms with Gasteiger partial charge < -0.3 is 9.64 Å². The van der Waals surface area contributed by atoms with Crippen molar-refractivity contribution in [1.82, 2.24) is 4.90 Å². The van der Waals surface area contributed by atoms with Crippen molar-refractivity contribution in [1.29, 1.82) is 0 Å². The summed E-state index contributed by atoms with van der Waals surface area (Å²) in [6, 6.07) is 13.8. The average molecular weight is 394 g/mol. The summed E-state index contributed by atoms with van der Waals surface area (Å²) in [5.41, 5.74) is 1.25. The normalized spacial score (nSPS) is 18.5. The van der Waals surface area contributed by atoms with E-state index in [0.29, 0.717) is 22.8 Å². The number of sulfone groups is 1. The summed E-state index contributed by atoms with van der Waals surface area (Å²) in [6.07, 6.45) is 0.433. The molecule has 26 heavy (non-hydrogen) atoms. The number of halogens is 1. The molecular weight excluding hydrogens is 374 g/mol. The van der Waals surface area contributed by atoms with Crippen LogP contribution in [0.25, 0.3) is 0 Å². The summed E-state index contributed by atoms with van der Waals surface area (Å²) in [7, 11) is -1.59. The van der Waals surface area contributed by atoms with Crippen molar-refractivity contribution in [3.63, 3.8) is 0 Å². The number of hydrogen-bond donors (Lipinski definition) is 0. The molecule has 0 bridgehead atoms. The number of benzene rings is 2. The van der Waals surface area contributed by atoms with Crippen molar-refractivity contribution in [2.24, 2.45) is 0 Å². The lowest BCUT2D eigenvalue weighted by molar-refractivity contribution is 0.0680. The van der Waals surface area contributed by atoms with E-state index in [2.05, 4.69) is 0 Å². The van der Waals surface area contributed by atoms with E-state index in [1.54, 1.807) is 35.2 Å². The summed E-state index contributed by atoms with van der Waals surface area (Å²) < 4.78 is 29.1. The first kappa shape index (κ1) is 18.7. The van der Waals surface area contributed by atoms with Crippen LogP contribution in [0.15, 0.2) is 48.5 Å². The molecule has 0 aliphatic carbocycles. The fourth-order valence-electron chi connectivity index (χ4n) is 3.12. The van der Waals surface area contributed by atoms with Crippen molar-refractivity contribution in [3.05, 3.63) is 64.7 Å². The van der Waals surface area contributed by atoms with Crippen LogP contribution in [0.5, 0.6) is 5.75 Å². The molecule has 1 fully saturated rings. The zero-order valence-corrected chi connectivity index (χ0v) is 16.0. The number of hydrogen-bond acceptors (Lipinski definition) is 4. The van der Waals surface area contributed by atoms with Gasteiger partial charge in [-0.3, -0.25) is 4.79 Å². The van der Waals surface area contributed by atoms with Crippen LogP contribution in [0, 0.1) is 0 Å². The number of rotatable bonds is 5. The van der Waals surface area contributed by atoms with Gasteiger partial charge in [0.25, 0.3) is 5.91 Å². The Morgan fingerprint density at radius 1 is 1.23 bits per heavy atom. The monoisotopic (exact) mass is 393 g/mol. The Morgan fingerprint density at radius 3 is 2.65 bits per heavy atom. The second kappa shape index (κ2) is 7.68. The zero-order chi connectivity index (χ0) is 18.7. The molecule has 0 saturated carbocycles. The van der Waals surface area contributed by atoms with E-state index in [-0.39, 0.29) is 30.0 Å². The lowest BCUT2D eigenvalue weighted by Crippen LogP contribution is -2.40. The predicted molar refractivity (Wildman–Crippen MR) is 101 cm³/mol. The Hall–Kier alpha value is -2.05. The van der Waals surface area contributed by atoms with Gasteiger partial charge in [0.15, 0.2) is 9.84 Å². The van der Waals surface area contributed by atoms with Gasteiger partial charge in [-0.2, -0.15) is 0 Å². The smallest absolute Gasteiger partial charge is 0.254 e. The van der Waals surface area contributed by atoms with Crippen molar-refractivity contribution in [3.8, 4) is 5.75 Å². The molecule has 0 aromatic heterocycles. The van der Waals surface area contributed by atoms with Crippen LogP contribution in [-0.2, 0) is 16.4 Å². The van der Waals surface area contributed by atoms with Gasteiger partial charge in [0.2, 0.25) is 0 Å². The third kappa shape index (κ3) is 4.19. The van der Waals surface area contributed by atoms with Gasteiger partial charge in [-0.1, -0.05) is 35.9 Å². The van der Waals surface area contributed by atoms with Crippen LogP contribution >= 0.6 is 11.6 Å². The molecule has 1 saturated heterocycles. The quantitative estimate of drug-likeness (QED) is 0.782. The van der Waals surface area contributed by atoms with Crippen molar-refractivity contribution in [2.45, 2.75) is 19.0 Å². The molecule has 1 atom stereocenters. The second-order valence-corrected chi connectivity index (χ2v) is 8.95. The molecule has 0 unspecified atom stereocenters. The molecule has 2 aromatic carbocycles. The van der Waals surface area contributed by atoms with E-state index in [1.807, 2.05) is 18.2 Å². The van der Waals surface area contributed by atoms with Gasteiger partial charge in [0.1, 0.15) is 5.75 Å².